The largest absolute Gasteiger partial charge is 1.00 e. The first-order valence-corrected chi connectivity index (χ1v) is 4.66. The highest BCUT2D eigenvalue weighted by molar-refractivity contribution is 5.86. The van der Waals surface area contributed by atoms with E-state index in [1.54, 1.807) is 0 Å². The van der Waals surface area contributed by atoms with Crippen LogP contribution in [0.15, 0.2) is 12.7 Å². The first-order valence-electron chi connectivity index (χ1n) is 4.66. The molecule has 3 nitrogen and oxygen atoms in total. The van der Waals surface area contributed by atoms with Gasteiger partial charge in [-0.1, -0.05) is 6.58 Å². The summed E-state index contributed by atoms with van der Waals surface area (Å²) in [7, 11) is 6.51. The van der Waals surface area contributed by atoms with Gasteiger partial charge < -0.3 is 26.8 Å². The number of nitrogens with zero attached hydrogens (tertiary/aromatic N) is 1. The van der Waals surface area contributed by atoms with E-state index in [1.165, 1.54) is 6.08 Å². The maximum Gasteiger partial charge on any atom is 0.243 e. The highest BCUT2D eigenvalue weighted by Crippen LogP contribution is 1.96. The number of quaternary nitrogens is 1. The first-order chi connectivity index (χ1) is 5.95. The van der Waals surface area contributed by atoms with Crippen molar-refractivity contribution in [3.05, 3.63) is 12.7 Å². The fourth-order valence-electron chi connectivity index (χ4n) is 0.995. The van der Waals surface area contributed by atoms with Gasteiger partial charge in [-0.3, -0.25) is 4.79 Å². The van der Waals surface area contributed by atoms with E-state index in [4.69, 9.17) is 0 Å². The molecule has 0 aromatic carbocycles. The van der Waals surface area contributed by atoms with Crippen LogP contribution in [0.25, 0.3) is 0 Å². The minimum Gasteiger partial charge on any atom is -1.00 e. The average Bonchev–Trinajstić information content (AvgIpc) is 2.01. The van der Waals surface area contributed by atoms with Gasteiger partial charge >= 0.3 is 0 Å². The molecule has 0 aliphatic rings. The Bertz CT molecular complexity index is 175. The molecule has 0 bridgehead atoms. The Morgan fingerprint density at radius 3 is 2.36 bits per heavy atom. The Balaban J connectivity index is 0. The molecule has 0 heterocycles. The molecule has 0 aromatic heterocycles. The molecule has 0 radical (unpaired) electrons. The van der Waals surface area contributed by atoms with E-state index in [2.05, 4.69) is 33.0 Å². The van der Waals surface area contributed by atoms with Crippen LogP contribution in [-0.2, 0) is 4.79 Å². The Morgan fingerprint density at radius 1 is 1.36 bits per heavy atom. The van der Waals surface area contributed by atoms with Crippen molar-refractivity contribution >= 4 is 5.91 Å². The zero-order chi connectivity index (χ0) is 10.3. The summed E-state index contributed by atoms with van der Waals surface area (Å²) in [6, 6.07) is 0. The van der Waals surface area contributed by atoms with Crippen molar-refractivity contribution in [2.24, 2.45) is 0 Å². The van der Waals surface area contributed by atoms with Crippen molar-refractivity contribution < 1.29 is 26.3 Å². The lowest BCUT2D eigenvalue weighted by Gasteiger charge is -2.23. The topological polar surface area (TPSA) is 29.1 Å². The molecule has 0 saturated carbocycles. The van der Waals surface area contributed by atoms with Crippen LogP contribution in [0, 0.1) is 0 Å². The normalized spacial score (nSPS) is 10.2. The summed E-state index contributed by atoms with van der Waals surface area (Å²) in [6.45, 7) is 5.28. The lowest BCUT2D eigenvalue weighted by molar-refractivity contribution is -0.870. The van der Waals surface area contributed by atoms with E-state index in [1.807, 2.05) is 0 Å². The molecule has 0 spiro atoms. The quantitative estimate of drug-likeness (QED) is 0.329. The summed E-state index contributed by atoms with van der Waals surface area (Å²) in [4.78, 5) is 10.7. The Labute approximate surface area is 97.5 Å². The van der Waals surface area contributed by atoms with Gasteiger partial charge in [-0.05, 0) is 18.9 Å². The van der Waals surface area contributed by atoms with Crippen molar-refractivity contribution in [1.82, 2.24) is 5.32 Å². The van der Waals surface area contributed by atoms with E-state index >= 15 is 0 Å². The Morgan fingerprint density at radius 2 is 1.93 bits per heavy atom. The van der Waals surface area contributed by atoms with Gasteiger partial charge in [-0.2, -0.15) is 0 Å². The third kappa shape index (κ3) is 11.6. The number of carbonyl (C=O) groups excluding carboxylic acids is 1. The van der Waals surface area contributed by atoms with Crippen LogP contribution in [0.4, 0.5) is 0 Å². The number of carbonyl (C=O) groups is 1. The van der Waals surface area contributed by atoms with Crippen molar-refractivity contribution in [3.8, 4) is 0 Å². The van der Waals surface area contributed by atoms with Crippen LogP contribution < -0.4 is 22.3 Å². The molecule has 0 saturated heterocycles. The zero-order valence-electron chi connectivity index (χ0n) is 9.35. The van der Waals surface area contributed by atoms with Gasteiger partial charge in [-0.25, -0.2) is 0 Å². The fraction of sp³-hybridized carbons (Fsp3) is 0.700. The van der Waals surface area contributed by atoms with Gasteiger partial charge in [-0.15, -0.1) is 0 Å². The SMILES string of the molecule is C=CC(=O)NCCCC[N+](C)(C)C.[Br-]. The van der Waals surface area contributed by atoms with Crippen LogP contribution in [0.3, 0.4) is 0 Å². The van der Waals surface area contributed by atoms with E-state index in [9.17, 15) is 4.79 Å². The van der Waals surface area contributed by atoms with Crippen LogP contribution >= 0.6 is 0 Å². The summed E-state index contributed by atoms with van der Waals surface area (Å²) < 4.78 is 0.982. The van der Waals surface area contributed by atoms with Gasteiger partial charge in [0, 0.05) is 6.54 Å². The number of rotatable bonds is 6. The summed E-state index contributed by atoms with van der Waals surface area (Å²) in [5.74, 6) is -0.0785. The standard InChI is InChI=1S/C10H20N2O.BrH/c1-5-10(13)11-8-6-7-9-12(2,3)4;/h5H,1,6-9H2,2-4H3;1H. The smallest absolute Gasteiger partial charge is 0.243 e. The zero-order valence-corrected chi connectivity index (χ0v) is 10.9. The number of hydrogen-bond acceptors (Lipinski definition) is 1. The van der Waals surface area contributed by atoms with Crippen LogP contribution in [0.1, 0.15) is 12.8 Å². The molecule has 0 fully saturated rings. The maximum absolute atomic E-state index is 10.7. The van der Waals surface area contributed by atoms with Crippen LogP contribution in [0.2, 0.25) is 0 Å². The van der Waals surface area contributed by atoms with E-state index in [0.29, 0.717) is 0 Å². The second-order valence-corrected chi connectivity index (χ2v) is 4.22. The average molecular weight is 265 g/mol. The van der Waals surface area contributed by atoms with Crippen LogP contribution in [-0.4, -0.2) is 44.6 Å². The monoisotopic (exact) mass is 264 g/mol. The van der Waals surface area contributed by atoms with Gasteiger partial charge in [0.15, 0.2) is 0 Å². The summed E-state index contributed by atoms with van der Waals surface area (Å²) in [5, 5.41) is 2.75. The van der Waals surface area contributed by atoms with Crippen molar-refractivity contribution in [1.29, 1.82) is 0 Å². The highest BCUT2D eigenvalue weighted by atomic mass is 79.9. The third-order valence-corrected chi connectivity index (χ3v) is 1.74. The minimum absolute atomic E-state index is 0. The number of halogens is 1. The Kier molecular flexibility index (Phi) is 9.20. The van der Waals surface area contributed by atoms with Gasteiger partial charge in [0.2, 0.25) is 5.91 Å². The molecular formula is C10H21BrN2O. The molecule has 84 valence electrons. The molecule has 0 unspecified atom stereocenters. The van der Waals surface area contributed by atoms with E-state index < -0.39 is 0 Å². The third-order valence-electron chi connectivity index (χ3n) is 1.74. The summed E-state index contributed by atoms with van der Waals surface area (Å²) in [6.07, 6.45) is 3.48. The first kappa shape index (κ1) is 16.1. The van der Waals surface area contributed by atoms with Gasteiger partial charge in [0.25, 0.3) is 0 Å². The lowest BCUT2D eigenvalue weighted by Crippen LogP contribution is -3.00. The molecule has 0 aliphatic heterocycles. The second-order valence-electron chi connectivity index (χ2n) is 4.22. The fourth-order valence-corrected chi connectivity index (χ4v) is 0.995. The number of nitrogens with one attached hydrogen (secondary N) is 1. The lowest BCUT2D eigenvalue weighted by atomic mass is 10.3. The molecule has 14 heavy (non-hydrogen) atoms. The molecule has 0 atom stereocenters. The maximum atomic E-state index is 10.7. The van der Waals surface area contributed by atoms with Crippen LogP contribution in [0.5, 0.6) is 0 Å². The van der Waals surface area contributed by atoms with Crippen molar-refractivity contribution in [2.75, 3.05) is 34.2 Å². The molecule has 0 aromatic rings. The minimum atomic E-state index is -0.0785. The molecule has 0 rings (SSSR count). The number of unbranched alkanes of at least 4 members (excludes halogenated alkanes) is 1. The number of amides is 1. The Hall–Kier alpha value is -0.350. The molecule has 0 aliphatic carbocycles. The molecular weight excluding hydrogens is 244 g/mol. The molecule has 1 amide bonds. The van der Waals surface area contributed by atoms with Crippen molar-refractivity contribution in [3.63, 3.8) is 0 Å². The van der Waals surface area contributed by atoms with Gasteiger partial charge in [0.1, 0.15) is 0 Å². The summed E-state index contributed by atoms with van der Waals surface area (Å²) in [5.41, 5.74) is 0. The second kappa shape index (κ2) is 8.00. The predicted octanol–water partition coefficient (Wildman–Crippen LogP) is -2.22. The molecule has 1 N–H and O–H groups in total. The van der Waals surface area contributed by atoms with Crippen molar-refractivity contribution in [2.45, 2.75) is 12.8 Å². The van der Waals surface area contributed by atoms with E-state index in [0.717, 1.165) is 30.4 Å². The number of hydrogen-bond donors (Lipinski definition) is 1. The predicted molar refractivity (Wildman–Crippen MR) is 55.3 cm³/mol. The van der Waals surface area contributed by atoms with E-state index in [-0.39, 0.29) is 22.9 Å². The molecule has 4 heteroatoms. The van der Waals surface area contributed by atoms with Gasteiger partial charge in [0.05, 0.1) is 27.7 Å². The summed E-state index contributed by atoms with van der Waals surface area (Å²) >= 11 is 0. The highest BCUT2D eigenvalue weighted by Gasteiger charge is 2.05.